The van der Waals surface area contributed by atoms with Crippen LogP contribution in [0.5, 0.6) is 5.75 Å². The van der Waals surface area contributed by atoms with Gasteiger partial charge in [0.05, 0.1) is 13.7 Å². The maximum absolute atomic E-state index is 6.10. The van der Waals surface area contributed by atoms with Crippen molar-refractivity contribution in [3.05, 3.63) is 59.4 Å². The molecule has 0 aliphatic carbocycles. The molecule has 4 rings (SSSR count). The van der Waals surface area contributed by atoms with E-state index >= 15 is 0 Å². The number of hydrogen-bond donors (Lipinski definition) is 0. The lowest BCUT2D eigenvalue weighted by atomic mass is 10.2. The molecule has 0 spiro atoms. The molecular weight excluding hydrogens is 364 g/mol. The van der Waals surface area contributed by atoms with E-state index in [2.05, 4.69) is 26.1 Å². The highest BCUT2D eigenvalue weighted by molar-refractivity contribution is 6.30. The fourth-order valence-electron chi connectivity index (χ4n) is 3.22. The summed E-state index contributed by atoms with van der Waals surface area (Å²) in [6, 6.07) is 15.6. The summed E-state index contributed by atoms with van der Waals surface area (Å²) < 4.78 is 11.1. The van der Waals surface area contributed by atoms with Crippen molar-refractivity contribution >= 4 is 17.3 Å². The molecular formula is C20H21ClN4O2. The van der Waals surface area contributed by atoms with Gasteiger partial charge in [-0.1, -0.05) is 23.7 Å². The standard InChI is InChI=1S/C20H21ClN4O2/c1-26-18-7-2-4-15(12-18)20-23-22-19(27-20)14-24-8-10-25(11-9-24)17-6-3-5-16(21)13-17/h2-7,12-13H,8-11,14H2,1H3. The maximum atomic E-state index is 6.10. The van der Waals surface area contributed by atoms with Crippen LogP contribution in [0, 0.1) is 0 Å². The number of piperazine rings is 1. The maximum Gasteiger partial charge on any atom is 0.247 e. The molecule has 0 saturated carbocycles. The number of aromatic nitrogens is 2. The molecule has 1 aliphatic rings. The van der Waals surface area contributed by atoms with Gasteiger partial charge in [0, 0.05) is 42.5 Å². The largest absolute Gasteiger partial charge is 0.497 e. The Morgan fingerprint density at radius 1 is 1.04 bits per heavy atom. The molecule has 6 nitrogen and oxygen atoms in total. The number of nitrogens with zero attached hydrogens (tertiary/aromatic N) is 4. The molecule has 1 fully saturated rings. The number of anilines is 1. The first kappa shape index (κ1) is 17.8. The monoisotopic (exact) mass is 384 g/mol. The number of hydrogen-bond acceptors (Lipinski definition) is 6. The molecule has 1 aromatic heterocycles. The van der Waals surface area contributed by atoms with Gasteiger partial charge in [-0.2, -0.15) is 0 Å². The zero-order valence-corrected chi connectivity index (χ0v) is 15.9. The quantitative estimate of drug-likeness (QED) is 0.668. The van der Waals surface area contributed by atoms with E-state index in [1.54, 1.807) is 7.11 Å². The van der Waals surface area contributed by atoms with Crippen molar-refractivity contribution in [1.82, 2.24) is 15.1 Å². The van der Waals surface area contributed by atoms with Gasteiger partial charge in [-0.25, -0.2) is 0 Å². The van der Waals surface area contributed by atoms with Gasteiger partial charge in [-0.3, -0.25) is 4.90 Å². The van der Waals surface area contributed by atoms with E-state index in [9.17, 15) is 0 Å². The minimum absolute atomic E-state index is 0.515. The second kappa shape index (κ2) is 7.98. The van der Waals surface area contributed by atoms with E-state index in [-0.39, 0.29) is 0 Å². The third-order valence-electron chi connectivity index (χ3n) is 4.69. The van der Waals surface area contributed by atoms with Gasteiger partial charge in [0.1, 0.15) is 5.75 Å². The van der Waals surface area contributed by atoms with E-state index in [1.807, 2.05) is 42.5 Å². The minimum atomic E-state index is 0.515. The van der Waals surface area contributed by atoms with E-state index in [1.165, 1.54) is 5.69 Å². The Hall–Kier alpha value is -2.57. The van der Waals surface area contributed by atoms with Crippen molar-refractivity contribution in [1.29, 1.82) is 0 Å². The fraction of sp³-hybridized carbons (Fsp3) is 0.300. The zero-order valence-electron chi connectivity index (χ0n) is 15.1. The number of rotatable bonds is 5. The smallest absolute Gasteiger partial charge is 0.247 e. The summed E-state index contributed by atoms with van der Waals surface area (Å²) >= 11 is 6.10. The van der Waals surface area contributed by atoms with Crippen molar-refractivity contribution in [2.75, 3.05) is 38.2 Å². The molecule has 3 aromatic rings. The molecule has 27 heavy (non-hydrogen) atoms. The third kappa shape index (κ3) is 4.23. The van der Waals surface area contributed by atoms with Crippen molar-refractivity contribution in [3.63, 3.8) is 0 Å². The molecule has 1 saturated heterocycles. The summed E-state index contributed by atoms with van der Waals surface area (Å²) in [5, 5.41) is 9.15. The second-order valence-electron chi connectivity index (χ2n) is 6.48. The molecule has 1 aliphatic heterocycles. The molecule has 0 unspecified atom stereocenters. The molecule has 140 valence electrons. The topological polar surface area (TPSA) is 54.6 Å². The van der Waals surface area contributed by atoms with Crippen molar-refractivity contribution in [2.45, 2.75) is 6.54 Å². The fourth-order valence-corrected chi connectivity index (χ4v) is 3.40. The van der Waals surface area contributed by atoms with E-state index in [0.717, 1.165) is 42.5 Å². The Kier molecular flexibility index (Phi) is 5.27. The van der Waals surface area contributed by atoms with Crippen LogP contribution in [-0.2, 0) is 6.54 Å². The zero-order chi connectivity index (χ0) is 18.6. The molecule has 7 heteroatoms. The Morgan fingerprint density at radius 3 is 2.63 bits per heavy atom. The summed E-state index contributed by atoms with van der Waals surface area (Å²) in [5.41, 5.74) is 2.03. The van der Waals surface area contributed by atoms with E-state index in [4.69, 9.17) is 20.8 Å². The summed E-state index contributed by atoms with van der Waals surface area (Å²) in [5.74, 6) is 1.91. The average Bonchev–Trinajstić information content (AvgIpc) is 3.17. The van der Waals surface area contributed by atoms with Crippen LogP contribution in [-0.4, -0.2) is 48.4 Å². The molecule has 0 radical (unpaired) electrons. The molecule has 2 aromatic carbocycles. The highest BCUT2D eigenvalue weighted by atomic mass is 35.5. The van der Waals surface area contributed by atoms with Crippen molar-refractivity contribution < 1.29 is 9.15 Å². The van der Waals surface area contributed by atoms with Crippen LogP contribution in [0.3, 0.4) is 0 Å². The Labute approximate surface area is 163 Å². The molecule has 2 heterocycles. The van der Waals surface area contributed by atoms with Crippen LogP contribution in [0.1, 0.15) is 5.89 Å². The Bertz CT molecular complexity index is 906. The van der Waals surface area contributed by atoms with Crippen molar-refractivity contribution in [3.8, 4) is 17.2 Å². The first-order chi connectivity index (χ1) is 13.2. The van der Waals surface area contributed by atoms with Crippen LogP contribution < -0.4 is 9.64 Å². The highest BCUT2D eigenvalue weighted by Crippen LogP contribution is 2.24. The van der Waals surface area contributed by atoms with Crippen LogP contribution in [0.2, 0.25) is 5.02 Å². The lowest BCUT2D eigenvalue weighted by Gasteiger charge is -2.35. The van der Waals surface area contributed by atoms with Gasteiger partial charge in [-0.15, -0.1) is 10.2 Å². The minimum Gasteiger partial charge on any atom is -0.497 e. The second-order valence-corrected chi connectivity index (χ2v) is 6.91. The SMILES string of the molecule is COc1cccc(-c2nnc(CN3CCN(c4cccc(Cl)c4)CC3)o2)c1. The predicted molar refractivity (Wildman–Crippen MR) is 105 cm³/mol. The van der Waals surface area contributed by atoms with E-state index in [0.29, 0.717) is 18.3 Å². The lowest BCUT2D eigenvalue weighted by Crippen LogP contribution is -2.46. The number of halogens is 1. The summed E-state index contributed by atoms with van der Waals surface area (Å²) in [7, 11) is 1.64. The molecule has 0 atom stereocenters. The number of ether oxygens (including phenoxy) is 1. The average molecular weight is 385 g/mol. The summed E-state index contributed by atoms with van der Waals surface area (Å²) in [4.78, 5) is 4.67. The van der Waals surface area contributed by atoms with Crippen LogP contribution in [0.15, 0.2) is 52.9 Å². The van der Waals surface area contributed by atoms with Crippen LogP contribution in [0.4, 0.5) is 5.69 Å². The van der Waals surface area contributed by atoms with Gasteiger partial charge in [0.2, 0.25) is 11.8 Å². The summed E-state index contributed by atoms with van der Waals surface area (Å²) in [6.07, 6.45) is 0. The van der Waals surface area contributed by atoms with Gasteiger partial charge >= 0.3 is 0 Å². The lowest BCUT2D eigenvalue weighted by molar-refractivity contribution is 0.227. The third-order valence-corrected chi connectivity index (χ3v) is 4.92. The van der Waals surface area contributed by atoms with E-state index < -0.39 is 0 Å². The normalized spacial score (nSPS) is 15.1. The Morgan fingerprint density at radius 2 is 1.85 bits per heavy atom. The Balaban J connectivity index is 1.36. The number of benzene rings is 2. The van der Waals surface area contributed by atoms with Gasteiger partial charge in [0.15, 0.2) is 0 Å². The molecule has 0 N–H and O–H groups in total. The summed E-state index contributed by atoms with van der Waals surface area (Å²) in [6.45, 7) is 4.40. The predicted octanol–water partition coefficient (Wildman–Crippen LogP) is 3.72. The highest BCUT2D eigenvalue weighted by Gasteiger charge is 2.20. The van der Waals surface area contributed by atoms with Gasteiger partial charge in [-0.05, 0) is 36.4 Å². The first-order valence-corrected chi connectivity index (χ1v) is 9.29. The van der Waals surface area contributed by atoms with Crippen molar-refractivity contribution in [2.24, 2.45) is 0 Å². The van der Waals surface area contributed by atoms with Gasteiger partial charge < -0.3 is 14.1 Å². The molecule has 0 bridgehead atoms. The first-order valence-electron chi connectivity index (χ1n) is 8.91. The van der Waals surface area contributed by atoms with Crippen LogP contribution >= 0.6 is 11.6 Å². The van der Waals surface area contributed by atoms with Gasteiger partial charge in [0.25, 0.3) is 0 Å². The number of methoxy groups -OCH3 is 1. The molecule has 0 amide bonds. The van der Waals surface area contributed by atoms with Crippen LogP contribution in [0.25, 0.3) is 11.5 Å².